The molecular formula is C22H33N7. The fourth-order valence-corrected chi connectivity index (χ4v) is 4.13. The molecule has 0 aromatic carbocycles. The number of hydrogen-bond acceptors (Lipinski definition) is 7. The van der Waals surface area contributed by atoms with Gasteiger partial charge in [-0.2, -0.15) is 0 Å². The van der Waals surface area contributed by atoms with Gasteiger partial charge in [-0.1, -0.05) is 13.8 Å². The van der Waals surface area contributed by atoms with Gasteiger partial charge < -0.3 is 9.80 Å². The quantitative estimate of drug-likeness (QED) is 0.771. The van der Waals surface area contributed by atoms with Crippen LogP contribution >= 0.6 is 0 Å². The molecule has 0 bridgehead atoms. The minimum absolute atomic E-state index is 0.823. The highest BCUT2D eigenvalue weighted by Gasteiger charge is 2.20. The average molecular weight is 396 g/mol. The van der Waals surface area contributed by atoms with Gasteiger partial charge in [-0.25, -0.2) is 19.9 Å². The van der Waals surface area contributed by atoms with Crippen LogP contribution in [0.3, 0.4) is 0 Å². The van der Waals surface area contributed by atoms with Gasteiger partial charge in [-0.05, 0) is 25.7 Å². The van der Waals surface area contributed by atoms with Gasteiger partial charge in [0.2, 0.25) is 5.95 Å². The summed E-state index contributed by atoms with van der Waals surface area (Å²) in [5, 5.41) is 0. The molecule has 0 amide bonds. The van der Waals surface area contributed by atoms with E-state index in [0.717, 1.165) is 81.4 Å². The zero-order valence-electron chi connectivity index (χ0n) is 18.0. The number of rotatable bonds is 5. The predicted molar refractivity (Wildman–Crippen MR) is 116 cm³/mol. The lowest BCUT2D eigenvalue weighted by atomic mass is 10.00. The molecule has 0 N–H and O–H groups in total. The van der Waals surface area contributed by atoms with E-state index in [1.54, 1.807) is 0 Å². The van der Waals surface area contributed by atoms with Gasteiger partial charge in [0, 0.05) is 82.0 Å². The zero-order valence-corrected chi connectivity index (χ0v) is 18.0. The fraction of sp³-hybridized carbons (Fsp3) is 0.636. The van der Waals surface area contributed by atoms with Gasteiger partial charge in [0.25, 0.3) is 0 Å². The molecule has 0 atom stereocenters. The summed E-state index contributed by atoms with van der Waals surface area (Å²) in [6.07, 6.45) is 7.37. The maximum atomic E-state index is 4.72. The Morgan fingerprint density at radius 1 is 0.931 bits per heavy atom. The van der Waals surface area contributed by atoms with E-state index in [0.29, 0.717) is 0 Å². The van der Waals surface area contributed by atoms with E-state index >= 15 is 0 Å². The van der Waals surface area contributed by atoms with Crippen LogP contribution in [-0.4, -0.2) is 64.1 Å². The van der Waals surface area contributed by atoms with Crippen LogP contribution in [0.5, 0.6) is 0 Å². The Balaban J connectivity index is 1.30. The van der Waals surface area contributed by atoms with Crippen molar-refractivity contribution in [3.8, 4) is 0 Å². The summed E-state index contributed by atoms with van der Waals surface area (Å²) in [6.45, 7) is 13.6. The molecule has 2 aliphatic rings. The van der Waals surface area contributed by atoms with E-state index in [9.17, 15) is 0 Å². The molecule has 2 fully saturated rings. The third kappa shape index (κ3) is 5.01. The van der Waals surface area contributed by atoms with Crippen molar-refractivity contribution in [1.82, 2.24) is 24.8 Å². The standard InChI is InChI=1S/C22H33N7/c1-4-20-25-18(3)13-21(26-20)28-11-9-27(10-12-28)16-19-14-23-22(24-15-19)29-7-5-17(2)6-8-29/h13-15,17H,4-12,16H2,1-3H3. The predicted octanol–water partition coefficient (Wildman–Crippen LogP) is 2.70. The third-order valence-corrected chi connectivity index (χ3v) is 6.06. The van der Waals surface area contributed by atoms with E-state index in [4.69, 9.17) is 4.98 Å². The van der Waals surface area contributed by atoms with Crippen molar-refractivity contribution in [2.24, 2.45) is 5.92 Å². The molecule has 2 aromatic rings. The lowest BCUT2D eigenvalue weighted by Crippen LogP contribution is -2.46. The molecule has 0 aliphatic carbocycles. The highest BCUT2D eigenvalue weighted by molar-refractivity contribution is 5.40. The van der Waals surface area contributed by atoms with Crippen LogP contribution in [0.4, 0.5) is 11.8 Å². The highest BCUT2D eigenvalue weighted by Crippen LogP contribution is 2.20. The number of hydrogen-bond donors (Lipinski definition) is 0. The van der Waals surface area contributed by atoms with Crippen molar-refractivity contribution in [2.45, 2.75) is 46.6 Å². The van der Waals surface area contributed by atoms with Gasteiger partial charge in [-0.3, -0.25) is 4.90 Å². The number of piperazine rings is 1. The van der Waals surface area contributed by atoms with Crippen LogP contribution in [0.25, 0.3) is 0 Å². The molecule has 7 nitrogen and oxygen atoms in total. The van der Waals surface area contributed by atoms with Gasteiger partial charge in [0.1, 0.15) is 11.6 Å². The van der Waals surface area contributed by atoms with Gasteiger partial charge in [0.15, 0.2) is 0 Å². The number of aromatic nitrogens is 4. The van der Waals surface area contributed by atoms with E-state index in [1.165, 1.54) is 18.4 Å². The molecule has 7 heteroatoms. The molecule has 0 unspecified atom stereocenters. The number of nitrogens with zero attached hydrogens (tertiary/aromatic N) is 7. The summed E-state index contributed by atoms with van der Waals surface area (Å²) in [5.41, 5.74) is 2.24. The van der Waals surface area contributed by atoms with E-state index < -0.39 is 0 Å². The molecule has 0 saturated carbocycles. The summed E-state index contributed by atoms with van der Waals surface area (Å²) < 4.78 is 0. The summed E-state index contributed by atoms with van der Waals surface area (Å²) in [4.78, 5) is 25.7. The largest absolute Gasteiger partial charge is 0.354 e. The van der Waals surface area contributed by atoms with Crippen molar-refractivity contribution in [3.05, 3.63) is 35.5 Å². The summed E-state index contributed by atoms with van der Waals surface area (Å²) in [5.74, 6) is 3.71. The Labute approximate surface area is 174 Å². The second-order valence-electron chi connectivity index (χ2n) is 8.46. The Kier molecular flexibility index (Phi) is 6.23. The topological polar surface area (TPSA) is 61.3 Å². The van der Waals surface area contributed by atoms with Crippen molar-refractivity contribution in [1.29, 1.82) is 0 Å². The minimum Gasteiger partial charge on any atom is -0.354 e. The monoisotopic (exact) mass is 395 g/mol. The SMILES string of the molecule is CCc1nc(C)cc(N2CCN(Cc3cnc(N4CCC(C)CC4)nc3)CC2)n1. The molecule has 2 saturated heterocycles. The zero-order chi connectivity index (χ0) is 20.2. The Morgan fingerprint density at radius 3 is 2.28 bits per heavy atom. The Morgan fingerprint density at radius 2 is 1.62 bits per heavy atom. The van der Waals surface area contributed by atoms with Crippen LogP contribution < -0.4 is 9.80 Å². The first-order valence-corrected chi connectivity index (χ1v) is 11.0. The summed E-state index contributed by atoms with van der Waals surface area (Å²) in [6, 6.07) is 2.10. The van der Waals surface area contributed by atoms with E-state index in [2.05, 4.69) is 56.5 Å². The molecule has 0 spiro atoms. The van der Waals surface area contributed by atoms with Gasteiger partial charge in [0.05, 0.1) is 0 Å². The number of piperidine rings is 1. The summed E-state index contributed by atoms with van der Waals surface area (Å²) >= 11 is 0. The second-order valence-corrected chi connectivity index (χ2v) is 8.46. The van der Waals surface area contributed by atoms with Gasteiger partial charge in [-0.15, -0.1) is 0 Å². The second kappa shape index (κ2) is 9.03. The molecular weight excluding hydrogens is 362 g/mol. The third-order valence-electron chi connectivity index (χ3n) is 6.06. The number of aryl methyl sites for hydroxylation is 2. The lowest BCUT2D eigenvalue weighted by molar-refractivity contribution is 0.248. The normalized spacial score (nSPS) is 19.0. The maximum Gasteiger partial charge on any atom is 0.225 e. The molecule has 4 heterocycles. The maximum absolute atomic E-state index is 4.72. The fourth-order valence-electron chi connectivity index (χ4n) is 4.13. The molecule has 2 aromatic heterocycles. The van der Waals surface area contributed by atoms with E-state index in [-0.39, 0.29) is 0 Å². The van der Waals surface area contributed by atoms with Crippen LogP contribution in [0.2, 0.25) is 0 Å². The van der Waals surface area contributed by atoms with Crippen molar-refractivity contribution >= 4 is 11.8 Å². The van der Waals surface area contributed by atoms with Crippen molar-refractivity contribution in [2.75, 3.05) is 49.1 Å². The first-order chi connectivity index (χ1) is 14.1. The minimum atomic E-state index is 0.823. The Bertz CT molecular complexity index is 791. The van der Waals surface area contributed by atoms with Crippen LogP contribution in [0.15, 0.2) is 18.5 Å². The molecule has 0 radical (unpaired) electrons. The van der Waals surface area contributed by atoms with Gasteiger partial charge >= 0.3 is 0 Å². The van der Waals surface area contributed by atoms with Crippen LogP contribution in [0.1, 0.15) is 43.8 Å². The van der Waals surface area contributed by atoms with Crippen molar-refractivity contribution in [3.63, 3.8) is 0 Å². The highest BCUT2D eigenvalue weighted by atomic mass is 15.3. The smallest absolute Gasteiger partial charge is 0.225 e. The summed E-state index contributed by atoms with van der Waals surface area (Å²) in [7, 11) is 0. The average Bonchev–Trinajstić information content (AvgIpc) is 2.75. The number of anilines is 2. The van der Waals surface area contributed by atoms with Crippen LogP contribution in [-0.2, 0) is 13.0 Å². The van der Waals surface area contributed by atoms with E-state index in [1.807, 2.05) is 12.4 Å². The molecule has 156 valence electrons. The molecule has 29 heavy (non-hydrogen) atoms. The van der Waals surface area contributed by atoms with Crippen LogP contribution in [0, 0.1) is 12.8 Å². The van der Waals surface area contributed by atoms with Crippen molar-refractivity contribution < 1.29 is 0 Å². The first kappa shape index (κ1) is 20.0. The lowest BCUT2D eigenvalue weighted by Gasteiger charge is -2.35. The molecule has 2 aliphatic heterocycles. The first-order valence-electron chi connectivity index (χ1n) is 11.0. The molecule has 4 rings (SSSR count). The Hall–Kier alpha value is -2.28.